The second kappa shape index (κ2) is 11.2. The molecular weight excluding hydrogens is 350 g/mol. The number of hydrogen-bond acceptors (Lipinski definition) is 3. The lowest BCUT2D eigenvalue weighted by Crippen LogP contribution is -2.51. The van der Waals surface area contributed by atoms with Crippen molar-refractivity contribution in [2.24, 2.45) is 11.7 Å². The Labute approximate surface area is 163 Å². The predicted molar refractivity (Wildman–Crippen MR) is 107 cm³/mol. The molecule has 26 heavy (non-hydrogen) atoms. The lowest BCUT2D eigenvalue weighted by molar-refractivity contribution is -0.137. The van der Waals surface area contributed by atoms with Crippen molar-refractivity contribution < 1.29 is 9.59 Å². The first-order chi connectivity index (χ1) is 12.0. The van der Waals surface area contributed by atoms with Gasteiger partial charge in [0.15, 0.2) is 0 Å². The summed E-state index contributed by atoms with van der Waals surface area (Å²) in [5, 5.41) is 3.05. The van der Waals surface area contributed by atoms with E-state index in [1.807, 2.05) is 35.2 Å². The molecule has 5 nitrogen and oxygen atoms in total. The van der Waals surface area contributed by atoms with Crippen molar-refractivity contribution in [2.75, 3.05) is 13.1 Å². The molecule has 2 rings (SSSR count). The first kappa shape index (κ1) is 22.5. The zero-order chi connectivity index (χ0) is 18.2. The van der Waals surface area contributed by atoms with Crippen LogP contribution in [0.5, 0.6) is 0 Å². The number of halogens is 1. The molecule has 0 unspecified atom stereocenters. The number of carbonyl (C=O) groups excluding carboxylic acids is 2. The number of nitrogens with one attached hydrogen (secondary N) is 1. The molecule has 1 atom stereocenters. The van der Waals surface area contributed by atoms with Crippen LogP contribution in [0, 0.1) is 5.92 Å². The Kier molecular flexibility index (Phi) is 9.66. The van der Waals surface area contributed by atoms with Crippen LogP contribution < -0.4 is 11.1 Å². The predicted octanol–water partition coefficient (Wildman–Crippen LogP) is 2.52. The number of benzene rings is 1. The third kappa shape index (κ3) is 6.29. The SMILES string of the molecule is CCC(CC)C(=O)N1CCC(NC(=O)[C@@H](N)Cc2ccccc2)CC1.Cl. The topological polar surface area (TPSA) is 75.4 Å². The van der Waals surface area contributed by atoms with Crippen LogP contribution in [0.15, 0.2) is 30.3 Å². The van der Waals surface area contributed by atoms with Gasteiger partial charge < -0.3 is 16.0 Å². The van der Waals surface area contributed by atoms with Crippen LogP contribution in [0.3, 0.4) is 0 Å². The quantitative estimate of drug-likeness (QED) is 0.762. The molecule has 1 aromatic carbocycles. The summed E-state index contributed by atoms with van der Waals surface area (Å²) < 4.78 is 0. The number of amides is 2. The number of rotatable bonds is 7. The van der Waals surface area contributed by atoms with Gasteiger partial charge in [-0.05, 0) is 37.7 Å². The Balaban J connectivity index is 0.00000338. The average Bonchev–Trinajstić information content (AvgIpc) is 2.64. The minimum absolute atomic E-state index is 0. The summed E-state index contributed by atoms with van der Waals surface area (Å²) in [5.74, 6) is 0.287. The van der Waals surface area contributed by atoms with E-state index in [0.29, 0.717) is 19.5 Å². The Morgan fingerprint density at radius 2 is 1.73 bits per heavy atom. The van der Waals surface area contributed by atoms with Crippen molar-refractivity contribution in [1.82, 2.24) is 10.2 Å². The van der Waals surface area contributed by atoms with Crippen LogP contribution in [0.1, 0.15) is 45.1 Å². The summed E-state index contributed by atoms with van der Waals surface area (Å²) in [6, 6.07) is 9.39. The van der Waals surface area contributed by atoms with Crippen molar-refractivity contribution >= 4 is 24.2 Å². The number of piperidine rings is 1. The summed E-state index contributed by atoms with van der Waals surface area (Å²) >= 11 is 0. The molecule has 0 aliphatic carbocycles. The molecule has 0 saturated carbocycles. The molecule has 1 aromatic rings. The first-order valence-corrected chi connectivity index (χ1v) is 9.43. The van der Waals surface area contributed by atoms with E-state index in [2.05, 4.69) is 19.2 Å². The summed E-state index contributed by atoms with van der Waals surface area (Å²) in [7, 11) is 0. The van der Waals surface area contributed by atoms with Gasteiger partial charge in [0.1, 0.15) is 0 Å². The molecule has 2 amide bonds. The number of nitrogens with two attached hydrogens (primary N) is 1. The van der Waals surface area contributed by atoms with E-state index in [4.69, 9.17) is 5.73 Å². The van der Waals surface area contributed by atoms with E-state index >= 15 is 0 Å². The zero-order valence-electron chi connectivity index (χ0n) is 15.8. The van der Waals surface area contributed by atoms with Gasteiger partial charge in [-0.3, -0.25) is 9.59 Å². The molecule has 146 valence electrons. The van der Waals surface area contributed by atoms with Crippen molar-refractivity contribution in [3.63, 3.8) is 0 Å². The summed E-state index contributed by atoms with van der Waals surface area (Å²) in [5.41, 5.74) is 7.11. The highest BCUT2D eigenvalue weighted by Gasteiger charge is 2.28. The van der Waals surface area contributed by atoms with E-state index in [0.717, 1.165) is 31.2 Å². The van der Waals surface area contributed by atoms with Crippen molar-refractivity contribution in [3.8, 4) is 0 Å². The Bertz CT molecular complexity index is 555. The van der Waals surface area contributed by atoms with Crippen LogP contribution in [0.4, 0.5) is 0 Å². The fourth-order valence-electron chi connectivity index (χ4n) is 3.41. The minimum atomic E-state index is -0.536. The molecule has 0 aromatic heterocycles. The molecule has 1 heterocycles. The standard InChI is InChI=1S/C20H31N3O2.ClH/c1-3-16(4-2)20(25)23-12-10-17(11-13-23)22-19(24)18(21)14-15-8-6-5-7-9-15;/h5-9,16-18H,3-4,10-14,21H2,1-2H3,(H,22,24);1H/t18-;/m0./s1. The van der Waals surface area contributed by atoms with E-state index in [-0.39, 0.29) is 36.2 Å². The molecule has 1 fully saturated rings. The van der Waals surface area contributed by atoms with E-state index < -0.39 is 6.04 Å². The summed E-state index contributed by atoms with van der Waals surface area (Å²) in [6.45, 7) is 5.56. The van der Waals surface area contributed by atoms with Gasteiger partial charge in [-0.15, -0.1) is 12.4 Å². The van der Waals surface area contributed by atoms with Gasteiger partial charge in [0.2, 0.25) is 11.8 Å². The lowest BCUT2D eigenvalue weighted by Gasteiger charge is -2.34. The van der Waals surface area contributed by atoms with Gasteiger partial charge in [-0.2, -0.15) is 0 Å². The normalized spacial score (nSPS) is 16.1. The van der Waals surface area contributed by atoms with Gasteiger partial charge in [-0.25, -0.2) is 0 Å². The van der Waals surface area contributed by atoms with Gasteiger partial charge in [-0.1, -0.05) is 44.2 Å². The molecule has 0 radical (unpaired) electrons. The van der Waals surface area contributed by atoms with Gasteiger partial charge in [0.05, 0.1) is 6.04 Å². The highest BCUT2D eigenvalue weighted by atomic mass is 35.5. The second-order valence-corrected chi connectivity index (χ2v) is 6.92. The first-order valence-electron chi connectivity index (χ1n) is 9.43. The van der Waals surface area contributed by atoms with Crippen molar-refractivity contribution in [1.29, 1.82) is 0 Å². The Morgan fingerprint density at radius 1 is 1.15 bits per heavy atom. The molecule has 1 aliphatic rings. The maximum Gasteiger partial charge on any atom is 0.237 e. The molecule has 0 spiro atoms. The Hall–Kier alpha value is -1.59. The molecule has 1 saturated heterocycles. The maximum absolute atomic E-state index is 12.4. The smallest absolute Gasteiger partial charge is 0.237 e. The molecule has 1 aliphatic heterocycles. The highest BCUT2D eigenvalue weighted by Crippen LogP contribution is 2.17. The minimum Gasteiger partial charge on any atom is -0.352 e. The Morgan fingerprint density at radius 3 is 2.27 bits per heavy atom. The number of carbonyl (C=O) groups is 2. The van der Waals surface area contributed by atoms with Crippen molar-refractivity contribution in [2.45, 2.75) is 58.0 Å². The largest absolute Gasteiger partial charge is 0.352 e. The van der Waals surface area contributed by atoms with Gasteiger partial charge in [0.25, 0.3) is 0 Å². The molecule has 3 N–H and O–H groups in total. The molecule has 0 bridgehead atoms. The van der Waals surface area contributed by atoms with Crippen LogP contribution in [-0.4, -0.2) is 41.9 Å². The number of likely N-dealkylation sites (tertiary alicyclic amines) is 1. The monoisotopic (exact) mass is 381 g/mol. The van der Waals surface area contributed by atoms with Crippen molar-refractivity contribution in [3.05, 3.63) is 35.9 Å². The van der Waals surface area contributed by atoms with E-state index in [1.165, 1.54) is 0 Å². The zero-order valence-corrected chi connectivity index (χ0v) is 16.6. The third-order valence-electron chi connectivity index (χ3n) is 5.12. The van der Waals surface area contributed by atoms with Gasteiger partial charge in [0, 0.05) is 25.0 Å². The molecule has 6 heteroatoms. The van der Waals surface area contributed by atoms with Crippen LogP contribution in [-0.2, 0) is 16.0 Å². The molecular formula is C20H32ClN3O2. The summed E-state index contributed by atoms with van der Waals surface area (Å²) in [6.07, 6.45) is 3.92. The maximum atomic E-state index is 12.4. The second-order valence-electron chi connectivity index (χ2n) is 6.92. The summed E-state index contributed by atoms with van der Waals surface area (Å²) in [4.78, 5) is 26.7. The number of nitrogens with zero attached hydrogens (tertiary/aromatic N) is 1. The lowest BCUT2D eigenvalue weighted by atomic mass is 9.98. The fraction of sp³-hybridized carbons (Fsp3) is 0.600. The fourth-order valence-corrected chi connectivity index (χ4v) is 3.41. The highest BCUT2D eigenvalue weighted by molar-refractivity contribution is 5.85. The van der Waals surface area contributed by atoms with E-state index in [1.54, 1.807) is 0 Å². The van der Waals surface area contributed by atoms with Crippen LogP contribution in [0.2, 0.25) is 0 Å². The van der Waals surface area contributed by atoms with Crippen LogP contribution in [0.25, 0.3) is 0 Å². The van der Waals surface area contributed by atoms with Gasteiger partial charge >= 0.3 is 0 Å². The third-order valence-corrected chi connectivity index (χ3v) is 5.12. The number of hydrogen-bond donors (Lipinski definition) is 2. The van der Waals surface area contributed by atoms with E-state index in [9.17, 15) is 9.59 Å². The average molecular weight is 382 g/mol. The van der Waals surface area contributed by atoms with Crippen LogP contribution >= 0.6 is 12.4 Å².